The van der Waals surface area contributed by atoms with Crippen LogP contribution in [0, 0.1) is 26.2 Å². The number of hydrogen-bond acceptors (Lipinski definition) is 3. The topological polar surface area (TPSA) is 75.6 Å². The number of hydrogen-bond donors (Lipinski definition) is 2. The van der Waals surface area contributed by atoms with Gasteiger partial charge in [0, 0.05) is 12.1 Å². The summed E-state index contributed by atoms with van der Waals surface area (Å²) in [6, 6.07) is 1.88. The molecule has 0 radical (unpaired) electrons. The molecule has 1 fully saturated rings. The Morgan fingerprint density at radius 2 is 1.91 bits per heavy atom. The van der Waals surface area contributed by atoms with Gasteiger partial charge in [0.25, 0.3) is 0 Å². The van der Waals surface area contributed by atoms with E-state index in [0.717, 1.165) is 34.5 Å². The number of methoxy groups -OCH3 is 1. The molecule has 1 saturated carbocycles. The molecule has 0 aliphatic heterocycles. The van der Waals surface area contributed by atoms with Crippen LogP contribution in [0.3, 0.4) is 0 Å². The molecule has 0 unspecified atom stereocenters. The van der Waals surface area contributed by atoms with Crippen molar-refractivity contribution >= 4 is 17.6 Å². The number of rotatable bonds is 5. The van der Waals surface area contributed by atoms with Crippen molar-refractivity contribution in [2.75, 3.05) is 12.4 Å². The first kappa shape index (κ1) is 16.3. The number of benzene rings is 1. The fraction of sp³-hybridized carbons (Fsp3) is 0.529. The number of carbonyl (C=O) groups excluding carboxylic acids is 1. The van der Waals surface area contributed by atoms with Gasteiger partial charge in [-0.1, -0.05) is 6.42 Å². The van der Waals surface area contributed by atoms with Crippen molar-refractivity contribution < 1.29 is 19.4 Å². The van der Waals surface area contributed by atoms with E-state index in [1.807, 2.05) is 26.8 Å². The molecule has 0 spiro atoms. The van der Waals surface area contributed by atoms with Gasteiger partial charge >= 0.3 is 5.97 Å². The smallest absolute Gasteiger partial charge is 0.310 e. The molecule has 22 heavy (non-hydrogen) atoms. The second-order valence-corrected chi connectivity index (χ2v) is 6.18. The Hall–Kier alpha value is -2.04. The lowest BCUT2D eigenvalue weighted by Crippen LogP contribution is -2.41. The van der Waals surface area contributed by atoms with Gasteiger partial charge in [0.05, 0.1) is 12.5 Å². The maximum Gasteiger partial charge on any atom is 0.310 e. The maximum absolute atomic E-state index is 12.3. The SMILES string of the molecule is COc1cc(C)c(NC(=O)CC2(C(=O)O)CCC2)c(C)c1C. The van der Waals surface area contributed by atoms with Crippen LogP contribution in [-0.2, 0) is 9.59 Å². The zero-order valence-electron chi connectivity index (χ0n) is 13.6. The highest BCUT2D eigenvalue weighted by atomic mass is 16.5. The number of aryl methyl sites for hydroxylation is 1. The number of nitrogens with one attached hydrogen (secondary N) is 1. The van der Waals surface area contributed by atoms with E-state index in [2.05, 4.69) is 5.32 Å². The summed E-state index contributed by atoms with van der Waals surface area (Å²) in [6.07, 6.45) is 2.07. The number of anilines is 1. The first-order chi connectivity index (χ1) is 10.3. The molecule has 2 N–H and O–H groups in total. The van der Waals surface area contributed by atoms with E-state index in [9.17, 15) is 14.7 Å². The fourth-order valence-corrected chi connectivity index (χ4v) is 3.01. The van der Waals surface area contributed by atoms with Crippen LogP contribution in [0.1, 0.15) is 42.4 Å². The number of carboxylic acids is 1. The Balaban J connectivity index is 2.19. The van der Waals surface area contributed by atoms with Crippen LogP contribution in [0.2, 0.25) is 0 Å². The zero-order chi connectivity index (χ0) is 16.5. The number of ether oxygens (including phenoxy) is 1. The van der Waals surface area contributed by atoms with Crippen LogP contribution in [0.4, 0.5) is 5.69 Å². The van der Waals surface area contributed by atoms with E-state index in [-0.39, 0.29) is 12.3 Å². The minimum absolute atomic E-state index is 0.0340. The minimum atomic E-state index is -0.868. The molecule has 1 amide bonds. The molecule has 0 heterocycles. The second kappa shape index (κ2) is 5.99. The van der Waals surface area contributed by atoms with Crippen LogP contribution in [0.25, 0.3) is 0 Å². The summed E-state index contributed by atoms with van der Waals surface area (Å²) in [5.74, 6) is -0.319. The molecule has 0 atom stereocenters. The van der Waals surface area contributed by atoms with Crippen LogP contribution >= 0.6 is 0 Å². The molecule has 1 aromatic carbocycles. The number of carbonyl (C=O) groups is 2. The summed E-state index contributed by atoms with van der Waals surface area (Å²) in [5.41, 5.74) is 2.71. The Morgan fingerprint density at radius 1 is 1.27 bits per heavy atom. The summed E-state index contributed by atoms with van der Waals surface area (Å²) >= 11 is 0. The average Bonchev–Trinajstić information content (AvgIpc) is 2.42. The van der Waals surface area contributed by atoms with Crippen LogP contribution in [0.15, 0.2) is 6.07 Å². The molecule has 1 aromatic rings. The van der Waals surface area contributed by atoms with Crippen molar-refractivity contribution in [2.24, 2.45) is 5.41 Å². The molecule has 1 aliphatic carbocycles. The summed E-state index contributed by atoms with van der Waals surface area (Å²) in [6.45, 7) is 5.77. The van der Waals surface area contributed by atoms with Gasteiger partial charge in [-0.25, -0.2) is 0 Å². The number of amides is 1. The largest absolute Gasteiger partial charge is 0.496 e. The molecule has 0 bridgehead atoms. The Labute approximate surface area is 130 Å². The second-order valence-electron chi connectivity index (χ2n) is 6.18. The molecule has 5 heteroatoms. The summed E-state index contributed by atoms with van der Waals surface area (Å²) in [4.78, 5) is 23.7. The molecule has 120 valence electrons. The van der Waals surface area contributed by atoms with Gasteiger partial charge in [-0.15, -0.1) is 0 Å². The van der Waals surface area contributed by atoms with Gasteiger partial charge in [0.2, 0.25) is 5.91 Å². The first-order valence-corrected chi connectivity index (χ1v) is 7.49. The van der Waals surface area contributed by atoms with Crippen molar-refractivity contribution in [3.63, 3.8) is 0 Å². The van der Waals surface area contributed by atoms with Crippen molar-refractivity contribution in [3.8, 4) is 5.75 Å². The van der Waals surface area contributed by atoms with Crippen LogP contribution < -0.4 is 10.1 Å². The fourth-order valence-electron chi connectivity index (χ4n) is 3.01. The molecular weight excluding hydrogens is 282 g/mol. The van der Waals surface area contributed by atoms with E-state index in [0.29, 0.717) is 12.8 Å². The quantitative estimate of drug-likeness (QED) is 0.876. The summed E-state index contributed by atoms with van der Waals surface area (Å²) in [7, 11) is 1.62. The van der Waals surface area contributed by atoms with E-state index in [1.54, 1.807) is 7.11 Å². The normalized spacial score (nSPS) is 15.8. The highest BCUT2D eigenvalue weighted by Gasteiger charge is 2.45. The van der Waals surface area contributed by atoms with Crippen molar-refractivity contribution in [1.82, 2.24) is 0 Å². The van der Waals surface area contributed by atoms with E-state index in [1.165, 1.54) is 0 Å². The third kappa shape index (κ3) is 2.80. The van der Waals surface area contributed by atoms with E-state index >= 15 is 0 Å². The predicted octanol–water partition coefficient (Wildman–Crippen LogP) is 3.20. The summed E-state index contributed by atoms with van der Waals surface area (Å²) < 4.78 is 5.31. The predicted molar refractivity (Wildman–Crippen MR) is 84.4 cm³/mol. The lowest BCUT2D eigenvalue weighted by atomic mass is 9.66. The van der Waals surface area contributed by atoms with Gasteiger partial charge < -0.3 is 15.2 Å². The third-order valence-electron chi connectivity index (χ3n) is 4.80. The Bertz CT molecular complexity index is 618. The first-order valence-electron chi connectivity index (χ1n) is 7.49. The highest BCUT2D eigenvalue weighted by Crippen LogP contribution is 2.44. The average molecular weight is 305 g/mol. The Kier molecular flexibility index (Phi) is 4.44. The van der Waals surface area contributed by atoms with E-state index in [4.69, 9.17) is 4.74 Å². The lowest BCUT2D eigenvalue weighted by Gasteiger charge is -2.37. The molecular formula is C17H23NO4. The van der Waals surface area contributed by atoms with Crippen molar-refractivity contribution in [2.45, 2.75) is 46.5 Å². The molecule has 0 aromatic heterocycles. The standard InChI is InChI=1S/C17H23NO4/c1-10-8-13(22-4)11(2)12(3)15(10)18-14(19)9-17(16(20)21)6-5-7-17/h8H,5-7,9H2,1-4H3,(H,18,19)(H,20,21). The van der Waals surface area contributed by atoms with Crippen molar-refractivity contribution in [1.29, 1.82) is 0 Å². The minimum Gasteiger partial charge on any atom is -0.496 e. The zero-order valence-corrected chi connectivity index (χ0v) is 13.6. The van der Waals surface area contributed by atoms with Gasteiger partial charge in [-0.3, -0.25) is 9.59 Å². The lowest BCUT2D eigenvalue weighted by molar-refractivity contribution is -0.157. The van der Waals surface area contributed by atoms with Crippen LogP contribution in [-0.4, -0.2) is 24.1 Å². The Morgan fingerprint density at radius 3 is 2.36 bits per heavy atom. The van der Waals surface area contributed by atoms with Gasteiger partial charge in [0.15, 0.2) is 0 Å². The summed E-state index contributed by atoms with van der Waals surface area (Å²) in [5, 5.41) is 12.2. The molecule has 2 rings (SSSR count). The molecule has 1 aliphatic rings. The highest BCUT2D eigenvalue weighted by molar-refractivity contribution is 5.96. The molecule has 0 saturated heterocycles. The van der Waals surface area contributed by atoms with Gasteiger partial charge in [-0.2, -0.15) is 0 Å². The van der Waals surface area contributed by atoms with Gasteiger partial charge in [-0.05, 0) is 56.4 Å². The van der Waals surface area contributed by atoms with Crippen molar-refractivity contribution in [3.05, 3.63) is 22.8 Å². The number of aliphatic carboxylic acids is 1. The van der Waals surface area contributed by atoms with Crippen LogP contribution in [0.5, 0.6) is 5.75 Å². The number of carboxylic acid groups (broad SMARTS) is 1. The van der Waals surface area contributed by atoms with E-state index < -0.39 is 11.4 Å². The monoisotopic (exact) mass is 305 g/mol. The third-order valence-corrected chi connectivity index (χ3v) is 4.80. The maximum atomic E-state index is 12.3. The molecule has 5 nitrogen and oxygen atoms in total. The van der Waals surface area contributed by atoms with Gasteiger partial charge in [0.1, 0.15) is 5.75 Å².